The molecule has 88 valence electrons. The van der Waals surface area contributed by atoms with Crippen molar-refractivity contribution in [1.82, 2.24) is 0 Å². The molecule has 0 saturated carbocycles. The Balaban J connectivity index is 2.49. The summed E-state index contributed by atoms with van der Waals surface area (Å²) in [6.45, 7) is 1.89. The quantitative estimate of drug-likeness (QED) is 0.682. The summed E-state index contributed by atoms with van der Waals surface area (Å²) < 4.78 is 26.9. The number of carbonyl (C=O) groups excluding carboxylic acids is 1. The van der Waals surface area contributed by atoms with E-state index in [1.807, 2.05) is 0 Å². The van der Waals surface area contributed by atoms with Gasteiger partial charge in [0.25, 0.3) is 0 Å². The van der Waals surface area contributed by atoms with E-state index in [2.05, 4.69) is 4.74 Å². The highest BCUT2D eigenvalue weighted by atomic mass is 32.2. The molecule has 0 aromatic rings. The first-order valence-electron chi connectivity index (χ1n) is 5.01. The average molecular weight is 236 g/mol. The van der Waals surface area contributed by atoms with Crippen molar-refractivity contribution in [3.63, 3.8) is 0 Å². The molecule has 0 aromatic carbocycles. The largest absolute Gasteiger partial charge is 0.464 e. The zero-order chi connectivity index (χ0) is 11.5. The number of hydrogen-bond acceptors (Lipinski definition) is 5. The van der Waals surface area contributed by atoms with Gasteiger partial charge in [0.05, 0.1) is 18.1 Å². The third kappa shape index (κ3) is 3.46. The van der Waals surface area contributed by atoms with Gasteiger partial charge in [0.15, 0.2) is 6.10 Å². The molecule has 6 heteroatoms. The van der Waals surface area contributed by atoms with Gasteiger partial charge in [-0.3, -0.25) is 0 Å². The van der Waals surface area contributed by atoms with Gasteiger partial charge >= 0.3 is 5.97 Å². The minimum Gasteiger partial charge on any atom is -0.464 e. The molecule has 1 N–H and O–H groups in total. The summed E-state index contributed by atoms with van der Waals surface area (Å²) in [4.78, 5) is 11.2. The van der Waals surface area contributed by atoms with Crippen molar-refractivity contribution in [3.05, 3.63) is 0 Å². The molecule has 15 heavy (non-hydrogen) atoms. The average Bonchev–Trinajstić information content (AvgIpc) is 2.17. The first-order valence-corrected chi connectivity index (χ1v) is 6.83. The van der Waals surface area contributed by atoms with Crippen molar-refractivity contribution in [3.8, 4) is 0 Å². The van der Waals surface area contributed by atoms with E-state index in [0.29, 0.717) is 12.8 Å². The van der Waals surface area contributed by atoms with Gasteiger partial charge in [0, 0.05) is 0 Å². The molecular formula is C9H16O5S. The topological polar surface area (TPSA) is 80.7 Å². The summed E-state index contributed by atoms with van der Waals surface area (Å²) in [6.07, 6.45) is -0.509. The van der Waals surface area contributed by atoms with Crippen molar-refractivity contribution in [2.45, 2.75) is 25.9 Å². The fourth-order valence-electron chi connectivity index (χ4n) is 1.64. The first kappa shape index (κ1) is 12.4. The third-order valence-electron chi connectivity index (χ3n) is 2.57. The molecule has 1 aliphatic heterocycles. The maximum Gasteiger partial charge on any atom is 0.335 e. The van der Waals surface area contributed by atoms with E-state index in [-0.39, 0.29) is 24.0 Å². The lowest BCUT2D eigenvalue weighted by molar-refractivity contribution is -0.156. The maximum atomic E-state index is 11.2. The van der Waals surface area contributed by atoms with Crippen LogP contribution < -0.4 is 0 Å². The van der Waals surface area contributed by atoms with Crippen LogP contribution in [0.4, 0.5) is 0 Å². The molecule has 0 radical (unpaired) electrons. The number of ether oxygens (including phenoxy) is 1. The molecule has 1 atom stereocenters. The van der Waals surface area contributed by atoms with Crippen molar-refractivity contribution in [2.24, 2.45) is 5.92 Å². The Morgan fingerprint density at radius 2 is 2.00 bits per heavy atom. The number of carbonyl (C=O) groups is 1. The number of rotatable bonds is 3. The number of aliphatic hydroxyl groups excluding tert-OH is 1. The lowest BCUT2D eigenvalue weighted by Crippen LogP contribution is -2.36. The van der Waals surface area contributed by atoms with Crippen LogP contribution in [0.1, 0.15) is 19.8 Å². The smallest absolute Gasteiger partial charge is 0.335 e. The molecule has 5 nitrogen and oxygen atoms in total. The SMILES string of the molecule is CCOC(=O)C(O)C1CCS(=O)(=O)CC1. The molecule has 0 aromatic heterocycles. The van der Waals surface area contributed by atoms with Gasteiger partial charge in [0.1, 0.15) is 9.84 Å². The van der Waals surface area contributed by atoms with Crippen molar-refractivity contribution in [2.75, 3.05) is 18.1 Å². The lowest BCUT2D eigenvalue weighted by atomic mass is 9.96. The second kappa shape index (κ2) is 4.94. The molecule has 1 heterocycles. The molecular weight excluding hydrogens is 220 g/mol. The Morgan fingerprint density at radius 1 is 1.47 bits per heavy atom. The van der Waals surface area contributed by atoms with Gasteiger partial charge in [-0.05, 0) is 25.7 Å². The number of aliphatic hydroxyl groups is 1. The maximum absolute atomic E-state index is 11.2. The minimum absolute atomic E-state index is 0.0497. The van der Waals surface area contributed by atoms with Crippen molar-refractivity contribution in [1.29, 1.82) is 0 Å². The van der Waals surface area contributed by atoms with Crippen LogP contribution in [0.15, 0.2) is 0 Å². The molecule has 0 spiro atoms. The van der Waals surface area contributed by atoms with Gasteiger partial charge in [-0.2, -0.15) is 0 Å². The van der Waals surface area contributed by atoms with E-state index in [4.69, 9.17) is 0 Å². The fourth-order valence-corrected chi connectivity index (χ4v) is 3.17. The lowest BCUT2D eigenvalue weighted by Gasteiger charge is -2.25. The van der Waals surface area contributed by atoms with E-state index < -0.39 is 21.9 Å². The molecule has 0 aliphatic carbocycles. The van der Waals surface area contributed by atoms with Crippen LogP contribution in [0.3, 0.4) is 0 Å². The van der Waals surface area contributed by atoms with E-state index >= 15 is 0 Å². The standard InChI is InChI=1S/C9H16O5S/c1-2-14-9(11)8(10)7-3-5-15(12,13)6-4-7/h7-8,10H,2-6H2,1H3. The van der Waals surface area contributed by atoms with Gasteiger partial charge in [-0.1, -0.05) is 0 Å². The summed E-state index contributed by atoms with van der Waals surface area (Å²) in [5, 5.41) is 9.57. The van der Waals surface area contributed by atoms with Crippen LogP contribution >= 0.6 is 0 Å². The predicted octanol–water partition coefficient (Wildman–Crippen LogP) is -0.265. The Morgan fingerprint density at radius 3 is 2.47 bits per heavy atom. The Labute approximate surface area is 89.3 Å². The van der Waals surface area contributed by atoms with Gasteiger partial charge in [-0.25, -0.2) is 13.2 Å². The molecule has 0 bridgehead atoms. The zero-order valence-electron chi connectivity index (χ0n) is 8.68. The van der Waals surface area contributed by atoms with Crippen LogP contribution in [0.25, 0.3) is 0 Å². The second-order valence-electron chi connectivity index (χ2n) is 3.69. The van der Waals surface area contributed by atoms with Gasteiger partial charge in [0.2, 0.25) is 0 Å². The Kier molecular flexibility index (Phi) is 4.10. The monoisotopic (exact) mass is 236 g/mol. The van der Waals surface area contributed by atoms with Crippen LogP contribution in [-0.4, -0.2) is 43.7 Å². The summed E-state index contributed by atoms with van der Waals surface area (Å²) in [5.41, 5.74) is 0. The van der Waals surface area contributed by atoms with E-state index in [9.17, 15) is 18.3 Å². The number of sulfone groups is 1. The summed E-state index contributed by atoms with van der Waals surface area (Å²) in [7, 11) is -2.95. The van der Waals surface area contributed by atoms with E-state index in [0.717, 1.165) is 0 Å². The highest BCUT2D eigenvalue weighted by Gasteiger charge is 2.32. The van der Waals surface area contributed by atoms with Crippen molar-refractivity contribution >= 4 is 15.8 Å². The normalized spacial score (nSPS) is 23.3. The minimum atomic E-state index is -2.95. The molecule has 1 aliphatic rings. The summed E-state index contributed by atoms with van der Waals surface area (Å²) in [6, 6.07) is 0. The first-order chi connectivity index (χ1) is 6.96. The van der Waals surface area contributed by atoms with E-state index in [1.54, 1.807) is 6.92 Å². The van der Waals surface area contributed by atoms with Gasteiger partial charge < -0.3 is 9.84 Å². The summed E-state index contributed by atoms with van der Waals surface area (Å²) in [5.74, 6) is -0.836. The Bertz CT molecular complexity index is 307. The molecule has 1 saturated heterocycles. The zero-order valence-corrected chi connectivity index (χ0v) is 9.50. The molecule has 1 rings (SSSR count). The highest BCUT2D eigenvalue weighted by molar-refractivity contribution is 7.91. The number of esters is 1. The number of hydrogen-bond donors (Lipinski definition) is 1. The fraction of sp³-hybridized carbons (Fsp3) is 0.889. The Hall–Kier alpha value is -0.620. The molecule has 1 unspecified atom stereocenters. The third-order valence-corrected chi connectivity index (χ3v) is 4.29. The second-order valence-corrected chi connectivity index (χ2v) is 5.99. The summed E-state index contributed by atoms with van der Waals surface area (Å²) >= 11 is 0. The predicted molar refractivity (Wildman–Crippen MR) is 54.0 cm³/mol. The molecule has 0 amide bonds. The van der Waals surface area contributed by atoms with E-state index in [1.165, 1.54) is 0 Å². The van der Waals surface area contributed by atoms with Crippen LogP contribution in [-0.2, 0) is 19.4 Å². The van der Waals surface area contributed by atoms with Crippen LogP contribution in [0.2, 0.25) is 0 Å². The molecule has 1 fully saturated rings. The van der Waals surface area contributed by atoms with Crippen LogP contribution in [0.5, 0.6) is 0 Å². The highest BCUT2D eigenvalue weighted by Crippen LogP contribution is 2.22. The van der Waals surface area contributed by atoms with Gasteiger partial charge in [-0.15, -0.1) is 0 Å². The van der Waals surface area contributed by atoms with Crippen molar-refractivity contribution < 1.29 is 23.1 Å². The van der Waals surface area contributed by atoms with Crippen LogP contribution in [0, 0.1) is 5.92 Å².